The molecule has 3 aromatic rings. The third-order valence-electron chi connectivity index (χ3n) is 2.73. The monoisotopic (exact) mass is 271 g/mol. The van der Waals surface area contributed by atoms with Crippen molar-refractivity contribution in [3.63, 3.8) is 0 Å². The van der Waals surface area contributed by atoms with Crippen molar-refractivity contribution < 1.29 is 0 Å². The van der Waals surface area contributed by atoms with Gasteiger partial charge in [0.05, 0.1) is 0 Å². The molecule has 18 heavy (non-hydrogen) atoms. The van der Waals surface area contributed by atoms with Crippen LogP contribution in [-0.4, -0.2) is 4.98 Å². The fourth-order valence-electron chi connectivity index (χ4n) is 1.88. The van der Waals surface area contributed by atoms with Crippen molar-refractivity contribution in [1.82, 2.24) is 4.98 Å². The van der Waals surface area contributed by atoms with Crippen LogP contribution in [-0.2, 0) is 0 Å². The van der Waals surface area contributed by atoms with Crippen molar-refractivity contribution in [3.05, 3.63) is 65.1 Å². The summed E-state index contributed by atoms with van der Waals surface area (Å²) in [6, 6.07) is 16.2. The molecule has 0 saturated carbocycles. The smallest absolute Gasteiger partial charge is 0.123 e. The molecule has 0 bridgehead atoms. The zero-order valence-electron chi connectivity index (χ0n) is 9.51. The van der Waals surface area contributed by atoms with Crippen LogP contribution in [0.2, 0.25) is 5.02 Å². The van der Waals surface area contributed by atoms with Gasteiger partial charge in [-0.25, -0.2) is 4.98 Å². The molecule has 2 aromatic carbocycles. The Bertz CT molecular complexity index is 662. The molecule has 1 nitrogen and oxygen atoms in total. The molecule has 3 rings (SSSR count). The van der Waals surface area contributed by atoms with Crippen LogP contribution in [0.3, 0.4) is 0 Å². The lowest BCUT2D eigenvalue weighted by Crippen LogP contribution is -1.81. The van der Waals surface area contributed by atoms with Crippen molar-refractivity contribution in [3.8, 4) is 21.7 Å². The van der Waals surface area contributed by atoms with Crippen LogP contribution < -0.4 is 0 Å². The van der Waals surface area contributed by atoms with Crippen LogP contribution in [0.5, 0.6) is 0 Å². The summed E-state index contributed by atoms with van der Waals surface area (Å²) < 4.78 is 0. The van der Waals surface area contributed by atoms with Crippen LogP contribution in [0.4, 0.5) is 0 Å². The highest BCUT2D eigenvalue weighted by atomic mass is 35.5. The molecule has 0 aliphatic carbocycles. The maximum absolute atomic E-state index is 6.22. The van der Waals surface area contributed by atoms with Gasteiger partial charge in [-0.1, -0.05) is 48.0 Å². The fraction of sp³-hybridized carbons (Fsp3) is 0. The zero-order valence-corrected chi connectivity index (χ0v) is 11.1. The molecule has 0 saturated heterocycles. The van der Waals surface area contributed by atoms with Crippen LogP contribution in [0, 0.1) is 0 Å². The highest BCUT2D eigenvalue weighted by molar-refractivity contribution is 7.13. The van der Waals surface area contributed by atoms with E-state index in [1.807, 2.05) is 41.9 Å². The first-order valence-corrected chi connectivity index (χ1v) is 6.85. The van der Waals surface area contributed by atoms with Gasteiger partial charge >= 0.3 is 0 Å². The van der Waals surface area contributed by atoms with E-state index in [1.165, 1.54) is 0 Å². The molecule has 0 aliphatic heterocycles. The topological polar surface area (TPSA) is 12.9 Å². The first-order chi connectivity index (χ1) is 8.84. The van der Waals surface area contributed by atoms with Gasteiger partial charge in [0, 0.05) is 27.7 Å². The number of aromatic nitrogens is 1. The number of halogens is 1. The Hall–Kier alpha value is -1.64. The Labute approximate surface area is 115 Å². The van der Waals surface area contributed by atoms with E-state index in [1.54, 1.807) is 11.3 Å². The number of hydrogen-bond donors (Lipinski definition) is 0. The normalized spacial score (nSPS) is 10.5. The largest absolute Gasteiger partial charge is 0.245 e. The van der Waals surface area contributed by atoms with Gasteiger partial charge < -0.3 is 0 Å². The first-order valence-electron chi connectivity index (χ1n) is 5.59. The average Bonchev–Trinajstić information content (AvgIpc) is 2.93. The van der Waals surface area contributed by atoms with Crippen molar-refractivity contribution >= 4 is 22.9 Å². The average molecular weight is 272 g/mol. The maximum atomic E-state index is 6.22. The van der Waals surface area contributed by atoms with Crippen LogP contribution in [0.25, 0.3) is 21.7 Å². The highest BCUT2D eigenvalue weighted by Gasteiger charge is 2.05. The molecule has 1 heterocycles. The summed E-state index contributed by atoms with van der Waals surface area (Å²) in [6.45, 7) is 0. The highest BCUT2D eigenvalue weighted by Crippen LogP contribution is 2.31. The minimum Gasteiger partial charge on any atom is -0.245 e. The predicted octanol–water partition coefficient (Wildman–Crippen LogP) is 5.13. The first kappa shape index (κ1) is 11.5. The molecular formula is C15H10ClNS. The van der Waals surface area contributed by atoms with E-state index in [9.17, 15) is 0 Å². The molecule has 1 aromatic heterocycles. The Kier molecular flexibility index (Phi) is 3.13. The van der Waals surface area contributed by atoms with Gasteiger partial charge in [-0.15, -0.1) is 11.3 Å². The van der Waals surface area contributed by atoms with Crippen molar-refractivity contribution in [2.24, 2.45) is 0 Å². The number of thiazole rings is 1. The molecule has 0 spiro atoms. The van der Waals surface area contributed by atoms with Gasteiger partial charge in [0.25, 0.3) is 0 Å². The lowest BCUT2D eigenvalue weighted by atomic mass is 10.0. The molecule has 88 valence electrons. The minimum absolute atomic E-state index is 0.772. The van der Waals surface area contributed by atoms with Crippen LogP contribution in [0.1, 0.15) is 0 Å². The van der Waals surface area contributed by atoms with E-state index in [4.69, 9.17) is 11.6 Å². The summed E-state index contributed by atoms with van der Waals surface area (Å²) in [4.78, 5) is 4.33. The summed E-state index contributed by atoms with van der Waals surface area (Å²) in [5, 5.41) is 3.79. The Morgan fingerprint density at radius 1 is 0.944 bits per heavy atom. The second-order valence-corrected chi connectivity index (χ2v) is 5.20. The van der Waals surface area contributed by atoms with Crippen LogP contribution >= 0.6 is 22.9 Å². The van der Waals surface area contributed by atoms with Gasteiger partial charge in [0.2, 0.25) is 0 Å². The number of benzene rings is 2. The summed E-state index contributed by atoms with van der Waals surface area (Å²) in [7, 11) is 0. The molecule has 3 heteroatoms. The van der Waals surface area contributed by atoms with Crippen LogP contribution in [0.15, 0.2) is 60.1 Å². The lowest BCUT2D eigenvalue weighted by molar-refractivity contribution is 1.41. The molecule has 0 aliphatic rings. The van der Waals surface area contributed by atoms with Gasteiger partial charge in [-0.2, -0.15) is 0 Å². The molecule has 0 N–H and O–H groups in total. The molecule has 0 atom stereocenters. The van der Waals surface area contributed by atoms with E-state index in [2.05, 4.69) is 23.2 Å². The molecule has 0 amide bonds. The summed E-state index contributed by atoms with van der Waals surface area (Å²) in [6.07, 6.45) is 1.82. The maximum Gasteiger partial charge on any atom is 0.123 e. The second kappa shape index (κ2) is 4.92. The summed E-state index contributed by atoms with van der Waals surface area (Å²) in [5.74, 6) is 0. The summed E-state index contributed by atoms with van der Waals surface area (Å²) >= 11 is 7.86. The van der Waals surface area contributed by atoms with Crippen molar-refractivity contribution in [1.29, 1.82) is 0 Å². The Morgan fingerprint density at radius 2 is 1.78 bits per heavy atom. The van der Waals surface area contributed by atoms with E-state index in [0.29, 0.717) is 0 Å². The van der Waals surface area contributed by atoms with E-state index >= 15 is 0 Å². The number of hydrogen-bond acceptors (Lipinski definition) is 2. The van der Waals surface area contributed by atoms with E-state index in [0.717, 1.165) is 26.7 Å². The predicted molar refractivity (Wildman–Crippen MR) is 78.0 cm³/mol. The Morgan fingerprint density at radius 3 is 2.56 bits per heavy atom. The molecule has 0 fully saturated rings. The quantitative estimate of drug-likeness (QED) is 0.630. The van der Waals surface area contributed by atoms with Gasteiger partial charge in [-0.05, 0) is 17.7 Å². The SMILES string of the molecule is Clc1ccccc1-c1cccc(-c2nccs2)c1. The third kappa shape index (κ3) is 2.17. The van der Waals surface area contributed by atoms with E-state index < -0.39 is 0 Å². The third-order valence-corrected chi connectivity index (χ3v) is 3.88. The van der Waals surface area contributed by atoms with Gasteiger partial charge in [-0.3, -0.25) is 0 Å². The van der Waals surface area contributed by atoms with Crippen molar-refractivity contribution in [2.45, 2.75) is 0 Å². The Balaban J connectivity index is 2.10. The van der Waals surface area contributed by atoms with E-state index in [-0.39, 0.29) is 0 Å². The minimum atomic E-state index is 0.772. The van der Waals surface area contributed by atoms with Crippen molar-refractivity contribution in [2.75, 3.05) is 0 Å². The molecule has 0 radical (unpaired) electrons. The second-order valence-electron chi connectivity index (χ2n) is 3.90. The summed E-state index contributed by atoms with van der Waals surface area (Å²) in [5.41, 5.74) is 3.30. The standard InChI is InChI=1S/C15H10ClNS/c16-14-7-2-1-6-13(14)11-4-3-5-12(10-11)15-17-8-9-18-15/h1-10H. The number of nitrogens with zero attached hydrogens (tertiary/aromatic N) is 1. The van der Waals surface area contributed by atoms with Gasteiger partial charge in [0.15, 0.2) is 0 Å². The molecular weight excluding hydrogens is 262 g/mol. The van der Waals surface area contributed by atoms with Gasteiger partial charge in [0.1, 0.15) is 5.01 Å². The fourth-order valence-corrected chi connectivity index (χ4v) is 2.76. The lowest BCUT2D eigenvalue weighted by Gasteiger charge is -2.05. The number of rotatable bonds is 2. The zero-order chi connectivity index (χ0) is 12.4. The molecule has 0 unspecified atom stereocenters.